The van der Waals surface area contributed by atoms with Crippen LogP contribution in [0.4, 0.5) is 11.4 Å². The molecule has 3 aromatic rings. The molecule has 0 atom stereocenters. The third-order valence-corrected chi connectivity index (χ3v) is 8.04. The summed E-state index contributed by atoms with van der Waals surface area (Å²) in [5.74, 6) is -1.36. The van der Waals surface area contributed by atoms with E-state index in [0.29, 0.717) is 24.3 Å². The zero-order valence-electron chi connectivity index (χ0n) is 21.2. The van der Waals surface area contributed by atoms with Crippen LogP contribution >= 0.6 is 0 Å². The van der Waals surface area contributed by atoms with Crippen LogP contribution in [0.3, 0.4) is 0 Å². The van der Waals surface area contributed by atoms with Crippen LogP contribution in [0.25, 0.3) is 10.8 Å². The van der Waals surface area contributed by atoms with Crippen LogP contribution in [0, 0.1) is 0 Å². The number of hydrogen-bond donors (Lipinski definition) is 6. The van der Waals surface area contributed by atoms with Crippen molar-refractivity contribution in [3.63, 3.8) is 0 Å². The second kappa shape index (κ2) is 15.2. The molecule has 0 heterocycles. The summed E-state index contributed by atoms with van der Waals surface area (Å²) in [6.07, 6.45) is 0. The van der Waals surface area contributed by atoms with Crippen molar-refractivity contribution >= 4 is 187 Å². The second-order valence-corrected chi connectivity index (χ2v) is 12.7. The van der Waals surface area contributed by atoms with Crippen LogP contribution in [0.1, 0.15) is 10.4 Å². The van der Waals surface area contributed by atoms with Crippen molar-refractivity contribution in [1.29, 1.82) is 0 Å². The van der Waals surface area contributed by atoms with E-state index in [1.807, 2.05) is 5.32 Å². The first-order valence-electron chi connectivity index (χ1n) is 8.92. The van der Waals surface area contributed by atoms with Gasteiger partial charge in [-0.15, -0.1) is 0 Å². The monoisotopic (exact) mass is 674 g/mol. The molecule has 23 heteroatoms. The molecular weight excluding hydrogens is 660 g/mol. The summed E-state index contributed by atoms with van der Waals surface area (Å²) in [4.78, 5) is 8.62. The first-order valence-corrected chi connectivity index (χ1v) is 14.7. The molecule has 0 aromatic heterocycles. The van der Waals surface area contributed by atoms with E-state index >= 15 is 0 Å². The van der Waals surface area contributed by atoms with Gasteiger partial charge in [0.25, 0.3) is 46.4 Å². The van der Waals surface area contributed by atoms with Crippen molar-refractivity contribution in [1.82, 2.24) is 0 Å². The molecule has 40 heavy (non-hydrogen) atoms. The molecule has 7 N–H and O–H groups in total. The maximum atomic E-state index is 12.9. The van der Waals surface area contributed by atoms with E-state index in [1.54, 1.807) is 0 Å². The minimum atomic E-state index is -5.31. The van der Waals surface area contributed by atoms with Gasteiger partial charge < -0.3 is 11.1 Å². The van der Waals surface area contributed by atoms with Crippen molar-refractivity contribution in [3.05, 3.63) is 48.0 Å². The SMILES string of the molecule is Nc1ccc(C(=O)Nc2cc(S(=O)(=O)O)cc3cc(S(=O)(=O)O)cc(S(=O)(=O)O)c23)c(S(=O)(=O)O)c1.[Na].[Na].[Na].[Na]. The Hall–Kier alpha value is 0.830. The first-order chi connectivity index (χ1) is 16.2. The predicted octanol–water partition coefficient (Wildman–Crippen LogP) is -0.862. The Kier molecular flexibility index (Phi) is 16.3. The van der Waals surface area contributed by atoms with Crippen molar-refractivity contribution in [2.24, 2.45) is 0 Å². The van der Waals surface area contributed by atoms with Gasteiger partial charge in [-0.25, -0.2) is 0 Å². The fourth-order valence-corrected chi connectivity index (χ4v) is 5.80. The van der Waals surface area contributed by atoms with Gasteiger partial charge >= 0.3 is 0 Å². The Morgan fingerprint density at radius 1 is 0.625 bits per heavy atom. The largest absolute Gasteiger partial charge is 0.399 e. The molecule has 0 aliphatic heterocycles. The average molecular weight is 675 g/mol. The summed E-state index contributed by atoms with van der Waals surface area (Å²) in [7, 11) is -20.5. The summed E-state index contributed by atoms with van der Waals surface area (Å²) in [6, 6.07) is 4.65. The number of nitrogens with two attached hydrogens (primary N) is 1. The topological polar surface area (TPSA) is 273 Å². The standard InChI is InChI=1S/C17H14N2O13S4.4Na/c18-9-1-2-12(14(5-9)35(27,28)29)17(20)19-13-6-10(33(21,22)23)3-8-4-11(34(24,25)26)7-15(16(8)13)36(30,31)32;;;;/h1-7H,18H2,(H,19,20)(H,21,22,23)(H,24,25,26)(H,27,28,29)(H,30,31,32);;;;. The van der Waals surface area contributed by atoms with E-state index in [2.05, 4.69) is 0 Å². The summed E-state index contributed by atoms with van der Waals surface area (Å²) < 4.78 is 132. The predicted molar refractivity (Wildman–Crippen MR) is 145 cm³/mol. The minimum Gasteiger partial charge on any atom is -0.399 e. The quantitative estimate of drug-likeness (QED) is 0.106. The molecule has 3 aromatic carbocycles. The molecule has 3 rings (SSSR count). The van der Waals surface area contributed by atoms with Crippen LogP contribution in [-0.2, 0) is 40.5 Å². The smallest absolute Gasteiger partial charge is 0.295 e. The Bertz CT molecular complexity index is 1890. The number of nitrogens with one attached hydrogen (secondary N) is 1. The number of carbonyl (C=O) groups excluding carboxylic acids is 1. The van der Waals surface area contributed by atoms with E-state index in [1.165, 1.54) is 0 Å². The van der Waals surface area contributed by atoms with E-state index in [9.17, 15) is 56.7 Å². The number of amides is 1. The number of rotatable bonds is 6. The Balaban J connectivity index is 0. The third kappa shape index (κ3) is 10.2. The summed E-state index contributed by atoms with van der Waals surface area (Å²) >= 11 is 0. The van der Waals surface area contributed by atoms with Crippen LogP contribution < -0.4 is 11.1 Å². The third-order valence-electron chi connectivity index (χ3n) is 4.61. The molecule has 0 saturated carbocycles. The molecule has 0 saturated heterocycles. The summed E-state index contributed by atoms with van der Waals surface area (Å²) in [6.45, 7) is 0. The molecule has 1 amide bonds. The summed E-state index contributed by atoms with van der Waals surface area (Å²) in [5, 5.41) is 0.697. The Morgan fingerprint density at radius 2 is 1.07 bits per heavy atom. The fourth-order valence-electron chi connectivity index (χ4n) is 3.15. The number of carbonyl (C=O) groups is 1. The van der Waals surface area contributed by atoms with E-state index in [0.717, 1.165) is 18.2 Å². The zero-order valence-corrected chi connectivity index (χ0v) is 32.5. The molecular formula is C17H14N2Na4O13S4. The first kappa shape index (κ1) is 43.0. The maximum Gasteiger partial charge on any atom is 0.295 e. The molecule has 15 nitrogen and oxygen atoms in total. The van der Waals surface area contributed by atoms with Gasteiger partial charge in [-0.05, 0) is 47.9 Å². The van der Waals surface area contributed by atoms with E-state index < -0.39 is 88.0 Å². The van der Waals surface area contributed by atoms with Crippen molar-refractivity contribution in [2.45, 2.75) is 19.6 Å². The molecule has 0 unspecified atom stereocenters. The average Bonchev–Trinajstić information content (AvgIpc) is 2.69. The number of fused-ring (bicyclic) bond motifs is 1. The number of hydrogen-bond acceptors (Lipinski definition) is 10. The van der Waals surface area contributed by atoms with E-state index in [-0.39, 0.29) is 124 Å². The minimum absolute atomic E-state index is 0. The molecule has 0 bridgehead atoms. The fraction of sp³-hybridized carbons (Fsp3) is 0. The van der Waals surface area contributed by atoms with Crippen molar-refractivity contribution in [2.75, 3.05) is 11.1 Å². The maximum absolute atomic E-state index is 12.9. The molecule has 4 radical (unpaired) electrons. The van der Waals surface area contributed by atoms with Gasteiger partial charge in [0, 0.05) is 129 Å². The molecule has 0 spiro atoms. The van der Waals surface area contributed by atoms with Crippen molar-refractivity contribution < 1.29 is 56.7 Å². The van der Waals surface area contributed by atoms with Gasteiger partial charge in [-0.1, -0.05) is 0 Å². The van der Waals surface area contributed by atoms with Crippen LogP contribution in [0.5, 0.6) is 0 Å². The number of anilines is 2. The molecule has 198 valence electrons. The number of benzene rings is 3. The van der Waals surface area contributed by atoms with Crippen LogP contribution in [-0.4, -0.2) is 176 Å². The Morgan fingerprint density at radius 3 is 1.50 bits per heavy atom. The molecule has 0 aliphatic carbocycles. The van der Waals surface area contributed by atoms with Gasteiger partial charge in [-0.2, -0.15) is 33.7 Å². The van der Waals surface area contributed by atoms with Gasteiger partial charge in [0.1, 0.15) is 9.79 Å². The van der Waals surface area contributed by atoms with Gasteiger partial charge in [0.2, 0.25) is 0 Å². The van der Waals surface area contributed by atoms with Gasteiger partial charge in [0.05, 0.1) is 21.0 Å². The normalized spacial score (nSPS) is 11.7. The summed E-state index contributed by atoms with van der Waals surface area (Å²) in [5.41, 5.74) is 3.79. The van der Waals surface area contributed by atoms with E-state index in [4.69, 9.17) is 5.73 Å². The molecule has 0 fully saturated rings. The Labute approximate surface area is 317 Å². The van der Waals surface area contributed by atoms with Crippen LogP contribution in [0.2, 0.25) is 0 Å². The van der Waals surface area contributed by atoms with Crippen molar-refractivity contribution in [3.8, 4) is 0 Å². The zero-order chi connectivity index (χ0) is 27.4. The number of nitrogen functional groups attached to an aromatic ring is 1. The van der Waals surface area contributed by atoms with Gasteiger partial charge in [0.15, 0.2) is 0 Å². The molecule has 0 aliphatic rings. The second-order valence-electron chi connectivity index (χ2n) is 7.10. The van der Waals surface area contributed by atoms with Gasteiger partial charge in [-0.3, -0.25) is 23.0 Å². The van der Waals surface area contributed by atoms with Crippen LogP contribution in [0.15, 0.2) is 62.0 Å².